The van der Waals surface area contributed by atoms with Crippen molar-refractivity contribution in [3.05, 3.63) is 16.6 Å². The molecule has 1 unspecified atom stereocenters. The van der Waals surface area contributed by atoms with Crippen LogP contribution in [0.15, 0.2) is 11.6 Å². The van der Waals surface area contributed by atoms with E-state index in [-0.39, 0.29) is 5.54 Å². The minimum Gasteiger partial charge on any atom is -0.324 e. The number of hydrogen-bond acceptors (Lipinski definition) is 4. The molecule has 0 spiro atoms. The van der Waals surface area contributed by atoms with E-state index in [1.54, 1.807) is 11.3 Å². The summed E-state index contributed by atoms with van der Waals surface area (Å²) in [7, 11) is 0. The molecule has 0 radical (unpaired) electrons. The topological polar surface area (TPSA) is 50.9 Å². The number of rotatable bonds is 4. The molecule has 1 heterocycles. The number of aromatic nitrogens is 1. The molecular weight excluding hydrogens is 218 g/mol. The second-order valence-electron chi connectivity index (χ2n) is 4.90. The van der Waals surface area contributed by atoms with Crippen LogP contribution in [0.5, 0.6) is 0 Å². The third-order valence-corrected chi connectivity index (χ3v) is 4.39. The van der Waals surface area contributed by atoms with Crippen LogP contribution in [0, 0.1) is 0 Å². The molecule has 0 amide bonds. The molecule has 1 aliphatic carbocycles. The fraction of sp³-hybridized carbons (Fsp3) is 0.750. The summed E-state index contributed by atoms with van der Waals surface area (Å²) in [5, 5.41) is 6.69. The van der Waals surface area contributed by atoms with Crippen LogP contribution in [0.3, 0.4) is 0 Å². The predicted molar refractivity (Wildman–Crippen MR) is 68.5 cm³/mol. The van der Waals surface area contributed by atoms with E-state index in [0.29, 0.717) is 6.04 Å². The molecular formula is C12H21N3S. The number of nitrogens with one attached hydrogen (secondary N) is 1. The van der Waals surface area contributed by atoms with E-state index >= 15 is 0 Å². The Morgan fingerprint density at radius 2 is 2.25 bits per heavy atom. The fourth-order valence-electron chi connectivity index (χ4n) is 2.32. The van der Waals surface area contributed by atoms with Gasteiger partial charge in [0, 0.05) is 23.7 Å². The highest BCUT2D eigenvalue weighted by atomic mass is 32.1. The molecule has 16 heavy (non-hydrogen) atoms. The summed E-state index contributed by atoms with van der Waals surface area (Å²) < 4.78 is 0. The van der Waals surface area contributed by atoms with E-state index in [0.717, 1.165) is 24.4 Å². The van der Waals surface area contributed by atoms with Gasteiger partial charge in [-0.2, -0.15) is 0 Å². The Morgan fingerprint density at radius 1 is 1.50 bits per heavy atom. The van der Waals surface area contributed by atoms with Crippen LogP contribution in [0.25, 0.3) is 0 Å². The zero-order chi connectivity index (χ0) is 11.4. The summed E-state index contributed by atoms with van der Waals surface area (Å²) in [5.41, 5.74) is 6.40. The van der Waals surface area contributed by atoms with Crippen LogP contribution in [-0.2, 0) is 0 Å². The summed E-state index contributed by atoms with van der Waals surface area (Å²) in [4.78, 5) is 4.32. The van der Waals surface area contributed by atoms with Gasteiger partial charge in [-0.15, -0.1) is 11.3 Å². The Morgan fingerprint density at radius 3 is 2.88 bits per heavy atom. The molecule has 1 aliphatic rings. The maximum atomic E-state index is 6.38. The molecule has 3 nitrogen and oxygen atoms in total. The summed E-state index contributed by atoms with van der Waals surface area (Å²) >= 11 is 1.70. The third-order valence-electron chi connectivity index (χ3n) is 3.43. The van der Waals surface area contributed by atoms with Gasteiger partial charge in [-0.3, -0.25) is 0 Å². The van der Waals surface area contributed by atoms with Gasteiger partial charge >= 0.3 is 0 Å². The molecule has 90 valence electrons. The second kappa shape index (κ2) is 5.25. The lowest BCUT2D eigenvalue weighted by molar-refractivity contribution is 0.276. The van der Waals surface area contributed by atoms with Crippen molar-refractivity contribution in [1.82, 2.24) is 10.3 Å². The van der Waals surface area contributed by atoms with E-state index in [1.807, 2.05) is 11.6 Å². The smallest absolute Gasteiger partial charge is 0.109 e. The van der Waals surface area contributed by atoms with Gasteiger partial charge in [0.05, 0.1) is 6.04 Å². The van der Waals surface area contributed by atoms with Gasteiger partial charge in [0.25, 0.3) is 0 Å². The van der Waals surface area contributed by atoms with Crippen molar-refractivity contribution in [2.45, 2.75) is 50.6 Å². The first-order valence-electron chi connectivity index (χ1n) is 6.11. The highest BCUT2D eigenvalue weighted by Gasteiger charge is 2.27. The van der Waals surface area contributed by atoms with E-state index in [1.165, 1.54) is 19.3 Å². The van der Waals surface area contributed by atoms with E-state index in [2.05, 4.69) is 17.2 Å². The van der Waals surface area contributed by atoms with Crippen LogP contribution < -0.4 is 11.1 Å². The van der Waals surface area contributed by atoms with Crippen LogP contribution >= 0.6 is 11.3 Å². The van der Waals surface area contributed by atoms with Gasteiger partial charge in [-0.1, -0.05) is 19.3 Å². The van der Waals surface area contributed by atoms with Crippen molar-refractivity contribution in [3.8, 4) is 0 Å². The number of thiazole rings is 1. The van der Waals surface area contributed by atoms with Crippen molar-refractivity contribution in [2.75, 3.05) is 6.54 Å². The summed E-state index contributed by atoms with van der Waals surface area (Å²) in [5.74, 6) is 0. The Balaban J connectivity index is 1.82. The Kier molecular flexibility index (Phi) is 3.95. The van der Waals surface area contributed by atoms with Crippen molar-refractivity contribution in [3.63, 3.8) is 0 Å². The Labute approximate surface area is 101 Å². The lowest BCUT2D eigenvalue weighted by atomic mass is 9.82. The monoisotopic (exact) mass is 239 g/mol. The zero-order valence-electron chi connectivity index (χ0n) is 9.91. The quantitative estimate of drug-likeness (QED) is 0.848. The first-order chi connectivity index (χ1) is 7.70. The second-order valence-corrected chi connectivity index (χ2v) is 5.82. The maximum Gasteiger partial charge on any atom is 0.109 e. The number of hydrogen-bond donors (Lipinski definition) is 2. The molecule has 0 aliphatic heterocycles. The molecule has 0 bridgehead atoms. The molecule has 2 rings (SSSR count). The summed E-state index contributed by atoms with van der Waals surface area (Å²) in [6.07, 6.45) is 8.08. The van der Waals surface area contributed by atoms with E-state index in [4.69, 9.17) is 5.73 Å². The minimum absolute atomic E-state index is 0.0176. The van der Waals surface area contributed by atoms with Gasteiger partial charge in [0.2, 0.25) is 0 Å². The summed E-state index contributed by atoms with van der Waals surface area (Å²) in [6, 6.07) is 0.322. The summed E-state index contributed by atoms with van der Waals surface area (Å²) in [6.45, 7) is 3.07. The molecule has 0 saturated heterocycles. The number of nitrogens with zero attached hydrogens (tertiary/aromatic N) is 1. The highest BCUT2D eigenvalue weighted by molar-refractivity contribution is 7.09. The van der Waals surface area contributed by atoms with Crippen LogP contribution in [-0.4, -0.2) is 17.1 Å². The maximum absolute atomic E-state index is 6.38. The first-order valence-corrected chi connectivity index (χ1v) is 6.99. The standard InChI is InChI=1S/C12H21N3S/c1-10(11-14-7-8-16-11)15-9-12(13)5-3-2-4-6-12/h7-8,10,15H,2-6,9,13H2,1H3. The minimum atomic E-state index is 0.0176. The molecule has 4 heteroatoms. The van der Waals surface area contributed by atoms with E-state index in [9.17, 15) is 0 Å². The van der Waals surface area contributed by atoms with Crippen molar-refractivity contribution in [2.24, 2.45) is 5.73 Å². The SMILES string of the molecule is CC(NCC1(N)CCCCC1)c1nccs1. The van der Waals surface area contributed by atoms with Gasteiger partial charge < -0.3 is 11.1 Å². The zero-order valence-corrected chi connectivity index (χ0v) is 10.7. The lowest BCUT2D eigenvalue weighted by Crippen LogP contribution is -2.50. The average molecular weight is 239 g/mol. The largest absolute Gasteiger partial charge is 0.324 e. The van der Waals surface area contributed by atoms with Gasteiger partial charge in [-0.05, 0) is 19.8 Å². The molecule has 0 aromatic carbocycles. The van der Waals surface area contributed by atoms with Gasteiger partial charge in [0.15, 0.2) is 0 Å². The Hall–Kier alpha value is -0.450. The fourth-order valence-corrected chi connectivity index (χ4v) is 2.99. The lowest BCUT2D eigenvalue weighted by Gasteiger charge is -2.34. The first kappa shape index (κ1) is 12.0. The average Bonchev–Trinajstić information content (AvgIpc) is 2.80. The molecule has 1 atom stereocenters. The number of nitrogens with two attached hydrogens (primary N) is 1. The van der Waals surface area contributed by atoms with Crippen molar-refractivity contribution >= 4 is 11.3 Å². The van der Waals surface area contributed by atoms with Crippen molar-refractivity contribution < 1.29 is 0 Å². The van der Waals surface area contributed by atoms with E-state index < -0.39 is 0 Å². The van der Waals surface area contributed by atoms with Crippen molar-refractivity contribution in [1.29, 1.82) is 0 Å². The molecule has 1 aromatic rings. The Bertz CT molecular complexity index is 304. The van der Waals surface area contributed by atoms with Crippen LogP contribution in [0.2, 0.25) is 0 Å². The predicted octanol–water partition coefficient (Wildman–Crippen LogP) is 2.46. The molecule has 3 N–H and O–H groups in total. The third kappa shape index (κ3) is 3.03. The molecule has 1 fully saturated rings. The van der Waals surface area contributed by atoms with Gasteiger partial charge in [0.1, 0.15) is 5.01 Å². The normalized spacial score (nSPS) is 21.9. The van der Waals surface area contributed by atoms with Gasteiger partial charge in [-0.25, -0.2) is 4.98 Å². The molecule has 1 aromatic heterocycles. The highest BCUT2D eigenvalue weighted by Crippen LogP contribution is 2.26. The molecule has 1 saturated carbocycles. The van der Waals surface area contributed by atoms with Crippen LogP contribution in [0.1, 0.15) is 50.1 Å². The van der Waals surface area contributed by atoms with Crippen LogP contribution in [0.4, 0.5) is 0 Å².